The monoisotopic (exact) mass is 263 g/mol. The third kappa shape index (κ3) is 3.50. The standard InChI is InChI=1S/C12H15N4O3/c17-6-5-13-12(18)10-3-1-9(2-4-10)11-14-7-16(19)8-15-11/h1-4,17H,5-8H2,(H,13,18)(H,14,15)/q-1. The third-order valence-electron chi connectivity index (χ3n) is 2.63. The first-order chi connectivity index (χ1) is 9.20. The summed E-state index contributed by atoms with van der Waals surface area (Å²) in [5.41, 5.74) is 1.34. The van der Waals surface area contributed by atoms with E-state index in [-0.39, 0.29) is 32.4 Å². The van der Waals surface area contributed by atoms with E-state index in [1.165, 1.54) is 0 Å². The zero-order valence-electron chi connectivity index (χ0n) is 10.3. The molecule has 1 aliphatic heterocycles. The third-order valence-corrected chi connectivity index (χ3v) is 2.63. The Labute approximate surface area is 110 Å². The van der Waals surface area contributed by atoms with Crippen LogP contribution in [-0.4, -0.2) is 48.4 Å². The van der Waals surface area contributed by atoms with Crippen LogP contribution in [0.1, 0.15) is 15.9 Å². The number of rotatable bonds is 4. The van der Waals surface area contributed by atoms with Gasteiger partial charge in [0.25, 0.3) is 5.91 Å². The fraction of sp³-hybridized carbons (Fsp3) is 0.333. The number of benzene rings is 1. The van der Waals surface area contributed by atoms with Gasteiger partial charge in [0.2, 0.25) is 0 Å². The molecule has 0 radical (unpaired) electrons. The van der Waals surface area contributed by atoms with Gasteiger partial charge in [0, 0.05) is 17.7 Å². The molecule has 1 aromatic rings. The van der Waals surface area contributed by atoms with Crippen LogP contribution in [0.4, 0.5) is 0 Å². The molecule has 0 spiro atoms. The molecule has 102 valence electrons. The molecule has 0 saturated carbocycles. The van der Waals surface area contributed by atoms with Crippen LogP contribution >= 0.6 is 0 Å². The van der Waals surface area contributed by atoms with Gasteiger partial charge in [0.15, 0.2) is 0 Å². The molecule has 0 saturated heterocycles. The summed E-state index contributed by atoms with van der Waals surface area (Å²) < 4.78 is 0. The molecule has 7 nitrogen and oxygen atoms in total. The van der Waals surface area contributed by atoms with Crippen molar-refractivity contribution in [2.45, 2.75) is 0 Å². The van der Waals surface area contributed by atoms with Crippen molar-refractivity contribution in [1.29, 1.82) is 0 Å². The van der Waals surface area contributed by atoms with E-state index < -0.39 is 0 Å². The van der Waals surface area contributed by atoms with Gasteiger partial charge in [-0.15, -0.1) is 0 Å². The first-order valence-electron chi connectivity index (χ1n) is 5.90. The van der Waals surface area contributed by atoms with Crippen LogP contribution < -0.4 is 10.6 Å². The van der Waals surface area contributed by atoms with Gasteiger partial charge >= 0.3 is 0 Å². The number of aliphatic hydroxyl groups excluding tert-OH is 1. The van der Waals surface area contributed by atoms with E-state index in [0.717, 1.165) is 10.6 Å². The van der Waals surface area contributed by atoms with Gasteiger partial charge in [-0.1, -0.05) is 12.1 Å². The molecule has 1 amide bonds. The van der Waals surface area contributed by atoms with Crippen LogP contribution in [0, 0.1) is 5.21 Å². The Bertz CT molecular complexity index is 472. The molecule has 3 N–H and O–H groups in total. The van der Waals surface area contributed by atoms with Crippen LogP contribution in [0.5, 0.6) is 0 Å². The van der Waals surface area contributed by atoms with E-state index >= 15 is 0 Å². The molecular weight excluding hydrogens is 248 g/mol. The number of aliphatic hydroxyl groups is 1. The van der Waals surface area contributed by atoms with Gasteiger partial charge in [-0.2, -0.15) is 0 Å². The fourth-order valence-corrected chi connectivity index (χ4v) is 1.66. The topological polar surface area (TPSA) is 100 Å². The summed E-state index contributed by atoms with van der Waals surface area (Å²) >= 11 is 0. The lowest BCUT2D eigenvalue weighted by Gasteiger charge is -2.31. The maximum Gasteiger partial charge on any atom is 0.251 e. The van der Waals surface area contributed by atoms with Gasteiger partial charge in [-0.05, 0) is 12.1 Å². The van der Waals surface area contributed by atoms with Gasteiger partial charge in [-0.3, -0.25) is 9.79 Å². The van der Waals surface area contributed by atoms with Crippen LogP contribution in [0.3, 0.4) is 0 Å². The molecule has 1 aromatic carbocycles. The number of hydrogen-bond donors (Lipinski definition) is 3. The normalized spacial score (nSPS) is 15.6. The molecule has 1 heterocycles. The van der Waals surface area contributed by atoms with Crippen LogP contribution in [0.2, 0.25) is 0 Å². The molecule has 0 aromatic heterocycles. The lowest BCUT2D eigenvalue weighted by Crippen LogP contribution is -2.40. The second-order valence-corrected chi connectivity index (χ2v) is 4.02. The first-order valence-corrected chi connectivity index (χ1v) is 5.90. The zero-order chi connectivity index (χ0) is 13.7. The fourth-order valence-electron chi connectivity index (χ4n) is 1.66. The summed E-state index contributed by atoms with van der Waals surface area (Å²) in [7, 11) is 0. The van der Waals surface area contributed by atoms with Crippen molar-refractivity contribution in [3.63, 3.8) is 0 Å². The lowest BCUT2D eigenvalue weighted by molar-refractivity contribution is 0.0945. The number of hydroxylamine groups is 2. The predicted octanol–water partition coefficient (Wildman–Crippen LogP) is -0.527. The van der Waals surface area contributed by atoms with Gasteiger partial charge < -0.3 is 26.0 Å². The van der Waals surface area contributed by atoms with Crippen molar-refractivity contribution in [1.82, 2.24) is 15.7 Å². The predicted molar refractivity (Wildman–Crippen MR) is 70.5 cm³/mol. The molecule has 0 atom stereocenters. The largest absolute Gasteiger partial charge is 0.783 e. The highest BCUT2D eigenvalue weighted by Gasteiger charge is 2.09. The van der Waals surface area contributed by atoms with E-state index in [1.807, 2.05) is 0 Å². The maximum absolute atomic E-state index is 11.6. The van der Waals surface area contributed by atoms with E-state index in [0.29, 0.717) is 11.4 Å². The number of nitrogens with one attached hydrogen (secondary N) is 2. The summed E-state index contributed by atoms with van der Waals surface area (Å²) in [5, 5.41) is 25.9. The molecule has 1 aliphatic rings. The summed E-state index contributed by atoms with van der Waals surface area (Å²) in [6, 6.07) is 6.88. The van der Waals surface area contributed by atoms with Crippen molar-refractivity contribution in [2.75, 3.05) is 26.5 Å². The molecule has 2 rings (SSSR count). The van der Waals surface area contributed by atoms with Crippen molar-refractivity contribution >= 4 is 11.7 Å². The van der Waals surface area contributed by atoms with Crippen LogP contribution in [-0.2, 0) is 0 Å². The van der Waals surface area contributed by atoms with Gasteiger partial charge in [0.05, 0.1) is 19.9 Å². The minimum Gasteiger partial charge on any atom is -0.783 e. The Hall–Kier alpha value is -1.96. The highest BCUT2D eigenvalue weighted by molar-refractivity contribution is 6.00. The Balaban J connectivity index is 2.04. The molecular formula is C12H15N4O3-. The van der Waals surface area contributed by atoms with Crippen LogP contribution in [0.15, 0.2) is 29.3 Å². The van der Waals surface area contributed by atoms with Crippen molar-refractivity contribution < 1.29 is 9.90 Å². The van der Waals surface area contributed by atoms with Crippen molar-refractivity contribution in [3.8, 4) is 0 Å². The maximum atomic E-state index is 11.6. The summed E-state index contributed by atoms with van der Waals surface area (Å²) in [6.07, 6.45) is 0. The van der Waals surface area contributed by atoms with Crippen LogP contribution in [0.25, 0.3) is 0 Å². The highest BCUT2D eigenvalue weighted by atomic mass is 16.5. The van der Waals surface area contributed by atoms with Gasteiger partial charge in [-0.25, -0.2) is 0 Å². The van der Waals surface area contributed by atoms with Crippen molar-refractivity contribution in [3.05, 3.63) is 40.6 Å². The molecule has 7 heteroatoms. The molecule has 0 aliphatic carbocycles. The number of carbonyl (C=O) groups is 1. The zero-order valence-corrected chi connectivity index (χ0v) is 10.3. The van der Waals surface area contributed by atoms with Gasteiger partial charge in [0.1, 0.15) is 5.84 Å². The molecule has 19 heavy (non-hydrogen) atoms. The number of aliphatic imine (C=N–C) groups is 1. The minimum absolute atomic E-state index is 0.0871. The number of nitrogens with zero attached hydrogens (tertiary/aromatic N) is 2. The average molecular weight is 263 g/mol. The summed E-state index contributed by atoms with van der Waals surface area (Å²) in [4.78, 5) is 15.7. The smallest absolute Gasteiger partial charge is 0.251 e. The highest BCUT2D eigenvalue weighted by Crippen LogP contribution is 2.07. The summed E-state index contributed by atoms with van der Waals surface area (Å²) in [5.74, 6) is 0.416. The Kier molecular flexibility index (Phi) is 4.45. The molecule has 0 unspecified atom stereocenters. The van der Waals surface area contributed by atoms with Crippen molar-refractivity contribution in [2.24, 2.45) is 4.99 Å². The lowest BCUT2D eigenvalue weighted by atomic mass is 10.1. The second-order valence-electron chi connectivity index (χ2n) is 4.02. The quantitative estimate of drug-likeness (QED) is 0.678. The SMILES string of the molecule is O=C(NCCO)c1ccc(C2=NCN([O-])CN2)cc1. The number of carbonyl (C=O) groups excluding carboxylic acids is 1. The first kappa shape index (κ1) is 13.5. The minimum atomic E-state index is -0.232. The number of amidine groups is 1. The number of hydrogen-bond acceptors (Lipinski definition) is 6. The van der Waals surface area contributed by atoms with E-state index in [4.69, 9.17) is 5.11 Å². The second kappa shape index (κ2) is 6.28. The summed E-state index contributed by atoms with van der Waals surface area (Å²) in [6.45, 7) is 0.461. The molecule has 0 fully saturated rings. The number of amides is 1. The Morgan fingerprint density at radius 3 is 2.79 bits per heavy atom. The van der Waals surface area contributed by atoms with E-state index in [9.17, 15) is 10.0 Å². The Morgan fingerprint density at radius 1 is 1.47 bits per heavy atom. The molecule has 0 bridgehead atoms. The average Bonchev–Trinajstić information content (AvgIpc) is 2.46. The Morgan fingerprint density at radius 2 is 2.21 bits per heavy atom. The van der Waals surface area contributed by atoms with E-state index in [2.05, 4.69) is 15.6 Å². The van der Waals surface area contributed by atoms with E-state index in [1.54, 1.807) is 24.3 Å².